The first-order chi connectivity index (χ1) is 6.00. The van der Waals surface area contributed by atoms with Gasteiger partial charge in [0.15, 0.2) is 11.6 Å². The molecule has 0 heterocycles. The molecule has 72 valence electrons. The Morgan fingerprint density at radius 3 is 2.31 bits per heavy atom. The smallest absolute Gasteiger partial charge is 0.387 e. The van der Waals surface area contributed by atoms with E-state index in [2.05, 4.69) is 4.74 Å². The van der Waals surface area contributed by atoms with E-state index in [1.54, 1.807) is 0 Å². The second-order valence-electron chi connectivity index (χ2n) is 2.41. The second kappa shape index (κ2) is 3.64. The van der Waals surface area contributed by atoms with Gasteiger partial charge in [-0.05, 0) is 18.6 Å². The molecule has 0 N–H and O–H groups in total. The lowest BCUT2D eigenvalue weighted by Crippen LogP contribution is -2.03. The first-order valence-electron chi connectivity index (χ1n) is 3.41. The third-order valence-corrected chi connectivity index (χ3v) is 1.41. The zero-order valence-electron chi connectivity index (χ0n) is 6.65. The van der Waals surface area contributed by atoms with Gasteiger partial charge in [0.2, 0.25) is 0 Å². The molecule has 0 fully saturated rings. The Morgan fingerprint density at radius 1 is 1.23 bits per heavy atom. The molecule has 0 saturated heterocycles. The van der Waals surface area contributed by atoms with Crippen LogP contribution in [0.1, 0.15) is 5.56 Å². The van der Waals surface area contributed by atoms with Gasteiger partial charge in [-0.1, -0.05) is 0 Å². The number of aryl methyl sites for hydroxylation is 1. The van der Waals surface area contributed by atoms with Crippen molar-refractivity contribution in [2.75, 3.05) is 0 Å². The van der Waals surface area contributed by atoms with E-state index < -0.39 is 18.2 Å². The van der Waals surface area contributed by atoms with Gasteiger partial charge in [0.1, 0.15) is 5.75 Å². The largest absolute Gasteiger partial charge is 0.435 e. The van der Waals surface area contributed by atoms with Crippen LogP contribution in [-0.2, 0) is 0 Å². The standard InChI is InChI=1S/C8H6F4O/c1-4-2-5(13-8(11)12)3-6(9)7(4)10/h2-3,8H,1H3. The predicted octanol–water partition coefficient (Wildman–Crippen LogP) is 2.87. The highest BCUT2D eigenvalue weighted by Gasteiger charge is 2.10. The Hall–Kier alpha value is -1.26. The molecule has 5 heteroatoms. The van der Waals surface area contributed by atoms with Gasteiger partial charge in [-0.15, -0.1) is 0 Å². The summed E-state index contributed by atoms with van der Waals surface area (Å²) in [6.45, 7) is -1.78. The highest BCUT2D eigenvalue weighted by molar-refractivity contribution is 5.30. The van der Waals surface area contributed by atoms with Crippen molar-refractivity contribution < 1.29 is 22.3 Å². The molecule has 0 spiro atoms. The van der Waals surface area contributed by atoms with Crippen molar-refractivity contribution in [1.82, 2.24) is 0 Å². The molecule has 1 aromatic rings. The second-order valence-corrected chi connectivity index (χ2v) is 2.41. The van der Waals surface area contributed by atoms with E-state index in [0.717, 1.165) is 6.07 Å². The Morgan fingerprint density at radius 2 is 1.85 bits per heavy atom. The van der Waals surface area contributed by atoms with E-state index in [0.29, 0.717) is 6.07 Å². The molecule has 0 amide bonds. The summed E-state index contributed by atoms with van der Waals surface area (Å²) in [5, 5.41) is 0. The third kappa shape index (κ3) is 2.34. The number of hydrogen-bond donors (Lipinski definition) is 0. The Bertz CT molecular complexity index is 288. The maximum Gasteiger partial charge on any atom is 0.387 e. The first kappa shape index (κ1) is 9.83. The summed E-state index contributed by atoms with van der Waals surface area (Å²) in [6, 6.07) is 1.58. The van der Waals surface area contributed by atoms with E-state index in [-0.39, 0.29) is 11.3 Å². The van der Waals surface area contributed by atoms with Gasteiger partial charge in [-0.25, -0.2) is 8.78 Å². The maximum atomic E-state index is 12.6. The van der Waals surface area contributed by atoms with E-state index in [1.165, 1.54) is 6.92 Å². The molecule has 0 radical (unpaired) electrons. The number of halogens is 4. The summed E-state index contributed by atoms with van der Waals surface area (Å²) in [5.74, 6) is -2.64. The molecule has 0 aliphatic carbocycles. The lowest BCUT2D eigenvalue weighted by molar-refractivity contribution is -0.0500. The summed E-state index contributed by atoms with van der Waals surface area (Å²) in [4.78, 5) is 0. The van der Waals surface area contributed by atoms with Gasteiger partial charge in [0, 0.05) is 6.07 Å². The first-order valence-corrected chi connectivity index (χ1v) is 3.41. The van der Waals surface area contributed by atoms with E-state index in [1.807, 2.05) is 0 Å². The van der Waals surface area contributed by atoms with E-state index in [9.17, 15) is 17.6 Å². The van der Waals surface area contributed by atoms with Gasteiger partial charge in [-0.3, -0.25) is 0 Å². The topological polar surface area (TPSA) is 9.23 Å². The minimum Gasteiger partial charge on any atom is -0.435 e. The lowest BCUT2D eigenvalue weighted by Gasteiger charge is -2.05. The zero-order valence-corrected chi connectivity index (χ0v) is 6.65. The van der Waals surface area contributed by atoms with Crippen LogP contribution in [0, 0.1) is 18.6 Å². The molecule has 13 heavy (non-hydrogen) atoms. The highest BCUT2D eigenvalue weighted by atomic mass is 19.3. The van der Waals surface area contributed by atoms with Gasteiger partial charge < -0.3 is 4.74 Å². The summed E-state index contributed by atoms with van der Waals surface area (Å²) in [5.41, 5.74) is -0.0735. The van der Waals surface area contributed by atoms with Gasteiger partial charge >= 0.3 is 6.61 Å². The number of rotatable bonds is 2. The van der Waals surface area contributed by atoms with Gasteiger partial charge in [0.05, 0.1) is 0 Å². The Labute approximate surface area is 71.9 Å². The van der Waals surface area contributed by atoms with Crippen LogP contribution in [0.4, 0.5) is 17.6 Å². The lowest BCUT2D eigenvalue weighted by atomic mass is 10.2. The molecule has 0 unspecified atom stereocenters. The van der Waals surface area contributed by atoms with Crippen LogP contribution in [0.3, 0.4) is 0 Å². The average Bonchev–Trinajstić information content (AvgIpc) is 1.98. The molecule has 1 rings (SSSR count). The van der Waals surface area contributed by atoms with Gasteiger partial charge in [-0.2, -0.15) is 8.78 Å². The predicted molar refractivity (Wildman–Crippen MR) is 37.7 cm³/mol. The van der Waals surface area contributed by atoms with Crippen LogP contribution in [-0.4, -0.2) is 6.61 Å². The molecule has 0 saturated carbocycles. The Kier molecular flexibility index (Phi) is 2.75. The molecular formula is C8H6F4O. The van der Waals surface area contributed by atoms with E-state index >= 15 is 0 Å². The van der Waals surface area contributed by atoms with Crippen molar-refractivity contribution in [1.29, 1.82) is 0 Å². The zero-order chi connectivity index (χ0) is 10.0. The number of benzene rings is 1. The quantitative estimate of drug-likeness (QED) is 0.657. The van der Waals surface area contributed by atoms with Crippen LogP contribution in [0.25, 0.3) is 0 Å². The van der Waals surface area contributed by atoms with E-state index in [4.69, 9.17) is 0 Å². The molecule has 1 aromatic carbocycles. The molecule has 0 bridgehead atoms. The monoisotopic (exact) mass is 194 g/mol. The summed E-state index contributed by atoms with van der Waals surface area (Å²) >= 11 is 0. The maximum absolute atomic E-state index is 12.6. The van der Waals surface area contributed by atoms with Crippen molar-refractivity contribution in [3.8, 4) is 5.75 Å². The summed E-state index contributed by atoms with van der Waals surface area (Å²) in [7, 11) is 0. The minimum atomic E-state index is -3.04. The van der Waals surface area contributed by atoms with Crippen LogP contribution in [0.15, 0.2) is 12.1 Å². The van der Waals surface area contributed by atoms with Crippen molar-refractivity contribution in [2.24, 2.45) is 0 Å². The van der Waals surface area contributed by atoms with Gasteiger partial charge in [0.25, 0.3) is 0 Å². The molecular weight excluding hydrogens is 188 g/mol. The van der Waals surface area contributed by atoms with Crippen molar-refractivity contribution >= 4 is 0 Å². The number of ether oxygens (including phenoxy) is 1. The molecule has 0 aliphatic rings. The third-order valence-electron chi connectivity index (χ3n) is 1.41. The summed E-state index contributed by atoms with van der Waals surface area (Å²) < 4.78 is 52.4. The fraction of sp³-hybridized carbons (Fsp3) is 0.250. The minimum absolute atomic E-state index is 0.0735. The fourth-order valence-electron chi connectivity index (χ4n) is 0.866. The normalized spacial score (nSPS) is 10.6. The van der Waals surface area contributed by atoms with Crippen LogP contribution in [0.2, 0.25) is 0 Å². The van der Waals surface area contributed by atoms with Crippen molar-refractivity contribution in [3.05, 3.63) is 29.3 Å². The van der Waals surface area contributed by atoms with Crippen LogP contribution < -0.4 is 4.74 Å². The number of hydrogen-bond acceptors (Lipinski definition) is 1. The Balaban J connectivity index is 2.99. The molecule has 0 aliphatic heterocycles. The highest BCUT2D eigenvalue weighted by Crippen LogP contribution is 2.21. The van der Waals surface area contributed by atoms with Crippen molar-refractivity contribution in [3.63, 3.8) is 0 Å². The van der Waals surface area contributed by atoms with Crippen LogP contribution >= 0.6 is 0 Å². The SMILES string of the molecule is Cc1cc(OC(F)F)cc(F)c1F. The number of alkyl halides is 2. The molecule has 1 nitrogen and oxygen atoms in total. The van der Waals surface area contributed by atoms with Crippen molar-refractivity contribution in [2.45, 2.75) is 13.5 Å². The fourth-order valence-corrected chi connectivity index (χ4v) is 0.866. The van der Waals surface area contributed by atoms with Crippen LogP contribution in [0.5, 0.6) is 5.75 Å². The summed E-state index contributed by atoms with van der Waals surface area (Å²) in [6.07, 6.45) is 0. The molecule has 0 aromatic heterocycles. The molecule has 0 atom stereocenters. The average molecular weight is 194 g/mol.